The molecule has 1 aromatic rings. The van der Waals surface area contributed by atoms with E-state index in [1.165, 1.54) is 6.20 Å². The van der Waals surface area contributed by atoms with Crippen LogP contribution in [-0.4, -0.2) is 29.7 Å². The molecule has 78 valence electrons. The molecule has 0 aromatic carbocycles. The molecule has 14 heavy (non-hydrogen) atoms. The first-order valence-corrected chi connectivity index (χ1v) is 4.70. The molecule has 0 saturated carbocycles. The topological polar surface area (TPSA) is 67.0 Å². The lowest BCUT2D eigenvalue weighted by Gasteiger charge is -2.03. The first kappa shape index (κ1) is 10.7. The van der Waals surface area contributed by atoms with Crippen molar-refractivity contribution < 1.29 is 4.74 Å². The Bertz CT molecular complexity index is 311. The zero-order chi connectivity index (χ0) is 10.2. The number of H-pyrrole nitrogens is 1. The van der Waals surface area contributed by atoms with Gasteiger partial charge in [0.15, 0.2) is 5.82 Å². The standard InChI is InChI=1S/C9H15N3O2/c1-2-14-7-3-4-10-8-9(13)12-6-5-11-8/h5-6H,2-4,7H2,1H3,(H,10,11)(H,12,13). The van der Waals surface area contributed by atoms with Gasteiger partial charge in [-0.2, -0.15) is 0 Å². The van der Waals surface area contributed by atoms with Gasteiger partial charge in [-0.25, -0.2) is 4.98 Å². The molecule has 0 spiro atoms. The number of hydrogen-bond acceptors (Lipinski definition) is 4. The van der Waals surface area contributed by atoms with Gasteiger partial charge in [0.25, 0.3) is 5.56 Å². The van der Waals surface area contributed by atoms with E-state index < -0.39 is 0 Å². The summed E-state index contributed by atoms with van der Waals surface area (Å²) in [7, 11) is 0. The second-order valence-corrected chi connectivity index (χ2v) is 2.74. The van der Waals surface area contributed by atoms with Crippen LogP contribution in [0.1, 0.15) is 13.3 Å². The van der Waals surface area contributed by atoms with Gasteiger partial charge in [-0.15, -0.1) is 0 Å². The van der Waals surface area contributed by atoms with Crippen LogP contribution in [0, 0.1) is 0 Å². The Balaban J connectivity index is 2.25. The second kappa shape index (κ2) is 6.15. The van der Waals surface area contributed by atoms with E-state index >= 15 is 0 Å². The fraction of sp³-hybridized carbons (Fsp3) is 0.556. The monoisotopic (exact) mass is 197 g/mol. The van der Waals surface area contributed by atoms with Crippen LogP contribution in [0.15, 0.2) is 17.2 Å². The summed E-state index contributed by atoms with van der Waals surface area (Å²) in [5.41, 5.74) is -0.191. The molecule has 5 heteroatoms. The van der Waals surface area contributed by atoms with Crippen LogP contribution in [0.3, 0.4) is 0 Å². The van der Waals surface area contributed by atoms with Gasteiger partial charge in [-0.1, -0.05) is 0 Å². The Morgan fingerprint density at radius 1 is 1.64 bits per heavy atom. The lowest BCUT2D eigenvalue weighted by atomic mass is 10.4. The minimum Gasteiger partial charge on any atom is -0.382 e. The Labute approximate surface area is 82.5 Å². The zero-order valence-electron chi connectivity index (χ0n) is 8.25. The highest BCUT2D eigenvalue weighted by Crippen LogP contribution is 1.90. The molecule has 0 radical (unpaired) electrons. The van der Waals surface area contributed by atoms with E-state index in [9.17, 15) is 4.79 Å². The molecule has 0 unspecified atom stereocenters. The van der Waals surface area contributed by atoms with Crippen molar-refractivity contribution in [3.63, 3.8) is 0 Å². The fourth-order valence-electron chi connectivity index (χ4n) is 1.00. The highest BCUT2D eigenvalue weighted by molar-refractivity contribution is 5.29. The minimum atomic E-state index is -0.191. The Hall–Kier alpha value is -1.36. The van der Waals surface area contributed by atoms with Crippen LogP contribution in [-0.2, 0) is 4.74 Å². The number of ether oxygens (including phenoxy) is 1. The lowest BCUT2D eigenvalue weighted by Crippen LogP contribution is -2.16. The molecule has 1 aromatic heterocycles. The van der Waals surface area contributed by atoms with Crippen molar-refractivity contribution in [3.8, 4) is 0 Å². The summed E-state index contributed by atoms with van der Waals surface area (Å²) >= 11 is 0. The summed E-state index contributed by atoms with van der Waals surface area (Å²) in [6.07, 6.45) is 3.92. The average molecular weight is 197 g/mol. The molecule has 2 N–H and O–H groups in total. The molecule has 0 atom stereocenters. The summed E-state index contributed by atoms with van der Waals surface area (Å²) in [5.74, 6) is 0.365. The summed E-state index contributed by atoms with van der Waals surface area (Å²) < 4.78 is 5.16. The molecule has 1 heterocycles. The normalized spacial score (nSPS) is 10.1. The van der Waals surface area contributed by atoms with E-state index in [0.717, 1.165) is 13.0 Å². The quantitative estimate of drug-likeness (QED) is 0.656. The van der Waals surface area contributed by atoms with Crippen molar-refractivity contribution in [3.05, 3.63) is 22.7 Å². The first-order chi connectivity index (χ1) is 6.84. The molecule has 0 bridgehead atoms. The summed E-state index contributed by atoms with van der Waals surface area (Å²) in [5, 5.41) is 2.94. The van der Waals surface area contributed by atoms with E-state index in [1.54, 1.807) is 6.20 Å². The van der Waals surface area contributed by atoms with Crippen molar-refractivity contribution in [1.29, 1.82) is 0 Å². The number of nitrogens with one attached hydrogen (secondary N) is 2. The highest BCUT2D eigenvalue weighted by Gasteiger charge is 1.96. The van der Waals surface area contributed by atoms with Gasteiger partial charge in [0.1, 0.15) is 0 Å². The van der Waals surface area contributed by atoms with Gasteiger partial charge in [-0.05, 0) is 13.3 Å². The van der Waals surface area contributed by atoms with Crippen molar-refractivity contribution in [2.45, 2.75) is 13.3 Å². The molecule has 0 aliphatic heterocycles. The predicted molar refractivity (Wildman–Crippen MR) is 54.5 cm³/mol. The molecular weight excluding hydrogens is 182 g/mol. The molecule has 1 rings (SSSR count). The molecule has 0 aliphatic carbocycles. The highest BCUT2D eigenvalue weighted by atomic mass is 16.5. The van der Waals surface area contributed by atoms with Crippen LogP contribution in [0.2, 0.25) is 0 Å². The van der Waals surface area contributed by atoms with Crippen LogP contribution in [0.25, 0.3) is 0 Å². The predicted octanol–water partition coefficient (Wildman–Crippen LogP) is 0.608. The van der Waals surface area contributed by atoms with Gasteiger partial charge in [0, 0.05) is 32.2 Å². The maximum atomic E-state index is 11.1. The van der Waals surface area contributed by atoms with Crippen molar-refractivity contribution in [2.75, 3.05) is 25.1 Å². The van der Waals surface area contributed by atoms with Gasteiger partial charge in [0.05, 0.1) is 0 Å². The van der Waals surface area contributed by atoms with E-state index in [0.29, 0.717) is 19.0 Å². The summed E-state index contributed by atoms with van der Waals surface area (Å²) in [6, 6.07) is 0. The van der Waals surface area contributed by atoms with Gasteiger partial charge < -0.3 is 15.0 Å². The number of nitrogens with zero attached hydrogens (tertiary/aromatic N) is 1. The summed E-state index contributed by atoms with van der Waals surface area (Å²) in [4.78, 5) is 17.6. The third-order valence-corrected chi connectivity index (χ3v) is 1.67. The largest absolute Gasteiger partial charge is 0.382 e. The van der Waals surface area contributed by atoms with Gasteiger partial charge >= 0.3 is 0 Å². The molecule has 0 aliphatic rings. The average Bonchev–Trinajstić information content (AvgIpc) is 2.20. The fourth-order valence-corrected chi connectivity index (χ4v) is 1.00. The third kappa shape index (κ3) is 3.57. The van der Waals surface area contributed by atoms with E-state index in [4.69, 9.17) is 4.74 Å². The number of aromatic nitrogens is 2. The van der Waals surface area contributed by atoms with E-state index in [1.807, 2.05) is 6.92 Å². The molecule has 0 saturated heterocycles. The zero-order valence-corrected chi connectivity index (χ0v) is 8.25. The third-order valence-electron chi connectivity index (χ3n) is 1.67. The Morgan fingerprint density at radius 3 is 3.21 bits per heavy atom. The Kier molecular flexibility index (Phi) is 4.71. The number of rotatable bonds is 6. The Morgan fingerprint density at radius 2 is 2.50 bits per heavy atom. The van der Waals surface area contributed by atoms with Crippen LogP contribution < -0.4 is 10.9 Å². The van der Waals surface area contributed by atoms with Crippen LogP contribution in [0.4, 0.5) is 5.82 Å². The molecule has 5 nitrogen and oxygen atoms in total. The smallest absolute Gasteiger partial charge is 0.290 e. The van der Waals surface area contributed by atoms with Crippen LogP contribution >= 0.6 is 0 Å². The lowest BCUT2D eigenvalue weighted by molar-refractivity contribution is 0.147. The number of aromatic amines is 1. The number of hydrogen-bond donors (Lipinski definition) is 2. The minimum absolute atomic E-state index is 0.191. The summed E-state index contributed by atoms with van der Waals surface area (Å²) in [6.45, 7) is 4.08. The van der Waals surface area contributed by atoms with Crippen LogP contribution in [0.5, 0.6) is 0 Å². The van der Waals surface area contributed by atoms with Crippen molar-refractivity contribution in [2.24, 2.45) is 0 Å². The van der Waals surface area contributed by atoms with E-state index in [-0.39, 0.29) is 5.56 Å². The molecule has 0 amide bonds. The van der Waals surface area contributed by atoms with Gasteiger partial charge in [-0.3, -0.25) is 4.79 Å². The molecule has 0 fully saturated rings. The van der Waals surface area contributed by atoms with E-state index in [2.05, 4.69) is 15.3 Å². The van der Waals surface area contributed by atoms with Crippen molar-refractivity contribution >= 4 is 5.82 Å². The maximum Gasteiger partial charge on any atom is 0.290 e. The number of anilines is 1. The van der Waals surface area contributed by atoms with Crippen molar-refractivity contribution in [1.82, 2.24) is 9.97 Å². The second-order valence-electron chi connectivity index (χ2n) is 2.74. The van der Waals surface area contributed by atoms with Gasteiger partial charge in [0.2, 0.25) is 0 Å². The molecular formula is C9H15N3O2. The SMILES string of the molecule is CCOCCCNc1ncc[nH]c1=O. The first-order valence-electron chi connectivity index (χ1n) is 4.70. The maximum absolute atomic E-state index is 11.1.